The molecule has 23 heavy (non-hydrogen) atoms. The van der Waals surface area contributed by atoms with Crippen LogP contribution in [0.3, 0.4) is 0 Å². The number of sulfonamides is 1. The molecule has 0 aliphatic carbocycles. The SMILES string of the molecule is CC1CN(S(=O)(=O)c2ccc(N3CCCC3=O)cc2)CCN1C. The van der Waals surface area contributed by atoms with Gasteiger partial charge in [0.2, 0.25) is 15.9 Å². The topological polar surface area (TPSA) is 60.9 Å². The van der Waals surface area contributed by atoms with Crippen LogP contribution < -0.4 is 4.90 Å². The quantitative estimate of drug-likeness (QED) is 0.830. The van der Waals surface area contributed by atoms with Crippen LogP contribution in [0.4, 0.5) is 5.69 Å². The molecule has 2 fully saturated rings. The summed E-state index contributed by atoms with van der Waals surface area (Å²) >= 11 is 0. The summed E-state index contributed by atoms with van der Waals surface area (Å²) in [5.74, 6) is 0.105. The zero-order valence-electron chi connectivity index (χ0n) is 13.6. The summed E-state index contributed by atoms with van der Waals surface area (Å²) < 4.78 is 27.1. The van der Waals surface area contributed by atoms with Crippen LogP contribution in [0.25, 0.3) is 0 Å². The van der Waals surface area contributed by atoms with Gasteiger partial charge in [-0.2, -0.15) is 4.31 Å². The highest BCUT2D eigenvalue weighted by Gasteiger charge is 2.31. The molecule has 2 saturated heterocycles. The number of hydrogen-bond acceptors (Lipinski definition) is 4. The lowest BCUT2D eigenvalue weighted by atomic mass is 10.2. The number of likely N-dealkylation sites (N-methyl/N-ethyl adjacent to an activating group) is 1. The summed E-state index contributed by atoms with van der Waals surface area (Å²) in [5.41, 5.74) is 0.776. The minimum Gasteiger partial charge on any atom is -0.312 e. The normalized spacial score (nSPS) is 24.3. The highest BCUT2D eigenvalue weighted by Crippen LogP contribution is 2.25. The van der Waals surface area contributed by atoms with Gasteiger partial charge >= 0.3 is 0 Å². The van der Waals surface area contributed by atoms with Gasteiger partial charge in [0.15, 0.2) is 0 Å². The van der Waals surface area contributed by atoms with Crippen LogP contribution in [0.1, 0.15) is 19.8 Å². The third-order valence-electron chi connectivity index (χ3n) is 4.78. The maximum atomic E-state index is 12.8. The Morgan fingerprint density at radius 1 is 1.09 bits per heavy atom. The fourth-order valence-corrected chi connectivity index (χ4v) is 4.61. The molecule has 7 heteroatoms. The summed E-state index contributed by atoms with van der Waals surface area (Å²) in [6.07, 6.45) is 1.43. The van der Waals surface area contributed by atoms with E-state index in [1.807, 2.05) is 14.0 Å². The standard InChI is InChI=1S/C16H23N3O3S/c1-13-12-18(11-10-17(13)2)23(21,22)15-7-5-14(6-8-15)19-9-3-4-16(19)20/h5-8,13H,3-4,9-12H2,1-2H3. The van der Waals surface area contributed by atoms with E-state index in [2.05, 4.69) is 4.90 Å². The Bertz CT molecular complexity index is 687. The smallest absolute Gasteiger partial charge is 0.243 e. The Morgan fingerprint density at radius 3 is 2.35 bits per heavy atom. The summed E-state index contributed by atoms with van der Waals surface area (Å²) in [4.78, 5) is 15.9. The van der Waals surface area contributed by atoms with E-state index in [0.717, 1.165) is 18.7 Å². The molecule has 0 radical (unpaired) electrons. The van der Waals surface area contributed by atoms with E-state index in [9.17, 15) is 13.2 Å². The summed E-state index contributed by atoms with van der Waals surface area (Å²) in [7, 11) is -1.46. The average Bonchev–Trinajstić information content (AvgIpc) is 2.96. The number of amides is 1. The molecule has 0 spiro atoms. The minimum absolute atomic E-state index is 0.105. The monoisotopic (exact) mass is 337 g/mol. The summed E-state index contributed by atoms with van der Waals surface area (Å²) in [6, 6.07) is 6.89. The Morgan fingerprint density at radius 2 is 1.78 bits per heavy atom. The van der Waals surface area contributed by atoms with Crippen molar-refractivity contribution in [2.45, 2.75) is 30.7 Å². The number of benzene rings is 1. The number of carbonyl (C=O) groups excluding carboxylic acids is 1. The highest BCUT2D eigenvalue weighted by atomic mass is 32.2. The molecule has 0 N–H and O–H groups in total. The zero-order valence-corrected chi connectivity index (χ0v) is 14.4. The van der Waals surface area contributed by atoms with Gasteiger partial charge in [-0.3, -0.25) is 4.79 Å². The van der Waals surface area contributed by atoms with Gasteiger partial charge < -0.3 is 9.80 Å². The Balaban J connectivity index is 1.79. The predicted octanol–water partition coefficient (Wildman–Crippen LogP) is 1.14. The Kier molecular flexibility index (Phi) is 4.44. The number of piperazine rings is 1. The van der Waals surface area contributed by atoms with Crippen molar-refractivity contribution >= 4 is 21.6 Å². The van der Waals surface area contributed by atoms with Crippen LogP contribution in [0.2, 0.25) is 0 Å². The third-order valence-corrected chi connectivity index (χ3v) is 6.66. The number of rotatable bonds is 3. The number of anilines is 1. The Hall–Kier alpha value is -1.44. The van der Waals surface area contributed by atoms with Crippen molar-refractivity contribution < 1.29 is 13.2 Å². The molecule has 2 aliphatic heterocycles. The fourth-order valence-electron chi connectivity index (χ4n) is 3.10. The molecule has 6 nitrogen and oxygen atoms in total. The molecule has 0 saturated carbocycles. The van der Waals surface area contributed by atoms with Crippen molar-refractivity contribution in [3.63, 3.8) is 0 Å². The van der Waals surface area contributed by atoms with Gasteiger partial charge in [-0.25, -0.2) is 8.42 Å². The van der Waals surface area contributed by atoms with Crippen molar-refractivity contribution in [3.05, 3.63) is 24.3 Å². The molecular formula is C16H23N3O3S. The average molecular weight is 337 g/mol. The lowest BCUT2D eigenvalue weighted by molar-refractivity contribution is -0.117. The predicted molar refractivity (Wildman–Crippen MR) is 88.9 cm³/mol. The second-order valence-corrected chi connectivity index (χ2v) is 8.27. The first-order valence-corrected chi connectivity index (χ1v) is 9.44. The molecule has 1 atom stereocenters. The largest absolute Gasteiger partial charge is 0.312 e. The molecule has 1 aromatic rings. The van der Waals surface area contributed by atoms with Gasteiger partial charge in [0, 0.05) is 44.3 Å². The van der Waals surface area contributed by atoms with E-state index in [4.69, 9.17) is 0 Å². The molecule has 126 valence electrons. The molecule has 2 heterocycles. The molecule has 0 aromatic heterocycles. The van der Waals surface area contributed by atoms with E-state index in [1.54, 1.807) is 33.5 Å². The second kappa shape index (κ2) is 6.22. The first kappa shape index (κ1) is 16.4. The van der Waals surface area contributed by atoms with Crippen LogP contribution in [0.5, 0.6) is 0 Å². The lowest BCUT2D eigenvalue weighted by Crippen LogP contribution is -2.51. The van der Waals surface area contributed by atoms with Crippen molar-refractivity contribution in [1.82, 2.24) is 9.21 Å². The zero-order chi connectivity index (χ0) is 16.6. The van der Waals surface area contributed by atoms with Gasteiger partial charge in [-0.15, -0.1) is 0 Å². The lowest BCUT2D eigenvalue weighted by Gasteiger charge is -2.36. The van der Waals surface area contributed by atoms with Crippen LogP contribution in [-0.2, 0) is 14.8 Å². The van der Waals surface area contributed by atoms with Crippen molar-refractivity contribution in [2.75, 3.05) is 38.1 Å². The Labute approximate surface area is 137 Å². The number of carbonyl (C=O) groups is 1. The maximum absolute atomic E-state index is 12.8. The second-order valence-electron chi connectivity index (χ2n) is 6.34. The molecule has 0 bridgehead atoms. The minimum atomic E-state index is -3.47. The molecule has 1 amide bonds. The molecule has 2 aliphatic rings. The van der Waals surface area contributed by atoms with E-state index >= 15 is 0 Å². The molecular weight excluding hydrogens is 314 g/mol. The first-order valence-electron chi connectivity index (χ1n) is 8.00. The van der Waals surface area contributed by atoms with E-state index in [1.165, 1.54) is 0 Å². The molecule has 1 unspecified atom stereocenters. The van der Waals surface area contributed by atoms with Gasteiger partial charge in [0.1, 0.15) is 0 Å². The van der Waals surface area contributed by atoms with E-state index in [-0.39, 0.29) is 11.9 Å². The summed E-state index contributed by atoms with van der Waals surface area (Å²) in [5, 5.41) is 0. The van der Waals surface area contributed by atoms with Crippen LogP contribution in [-0.4, -0.2) is 62.8 Å². The number of hydrogen-bond donors (Lipinski definition) is 0. The van der Waals surface area contributed by atoms with E-state index in [0.29, 0.717) is 31.0 Å². The molecule has 3 rings (SSSR count). The third kappa shape index (κ3) is 3.13. The fraction of sp³-hybridized carbons (Fsp3) is 0.562. The van der Waals surface area contributed by atoms with Crippen LogP contribution in [0, 0.1) is 0 Å². The van der Waals surface area contributed by atoms with Gasteiger partial charge in [-0.1, -0.05) is 0 Å². The van der Waals surface area contributed by atoms with Crippen molar-refractivity contribution in [1.29, 1.82) is 0 Å². The molecule has 1 aromatic carbocycles. The first-order chi connectivity index (χ1) is 10.9. The van der Waals surface area contributed by atoms with Gasteiger partial charge in [0.25, 0.3) is 0 Å². The van der Waals surface area contributed by atoms with Crippen LogP contribution >= 0.6 is 0 Å². The highest BCUT2D eigenvalue weighted by molar-refractivity contribution is 7.89. The van der Waals surface area contributed by atoms with Crippen molar-refractivity contribution in [2.24, 2.45) is 0 Å². The van der Waals surface area contributed by atoms with Gasteiger partial charge in [0.05, 0.1) is 4.90 Å². The maximum Gasteiger partial charge on any atom is 0.243 e. The number of nitrogens with zero attached hydrogens (tertiary/aromatic N) is 3. The summed E-state index contributed by atoms with van der Waals surface area (Å²) in [6.45, 7) is 4.49. The van der Waals surface area contributed by atoms with Gasteiger partial charge in [-0.05, 0) is 44.7 Å². The van der Waals surface area contributed by atoms with E-state index < -0.39 is 10.0 Å². The van der Waals surface area contributed by atoms with Crippen molar-refractivity contribution in [3.8, 4) is 0 Å². The van der Waals surface area contributed by atoms with Crippen LogP contribution in [0.15, 0.2) is 29.2 Å².